The van der Waals surface area contributed by atoms with Crippen LogP contribution in [0.25, 0.3) is 0 Å². The number of aromatic nitrogens is 1. The molecule has 1 aromatic rings. The largest absolute Gasteiger partial charge is 0.372 e. The van der Waals surface area contributed by atoms with E-state index in [1.54, 1.807) is 6.07 Å². The zero-order chi connectivity index (χ0) is 17.4. The number of nitrogens with zero attached hydrogens (tertiary/aromatic N) is 2. The van der Waals surface area contributed by atoms with Crippen LogP contribution < -0.4 is 4.72 Å². The highest BCUT2D eigenvalue weighted by Crippen LogP contribution is 2.38. The first-order valence-electron chi connectivity index (χ1n) is 7.69. The normalized spacial score (nSPS) is 24.6. The second kappa shape index (κ2) is 6.34. The van der Waals surface area contributed by atoms with Crippen LogP contribution in [-0.2, 0) is 24.8 Å². The smallest absolute Gasteiger partial charge is 0.244 e. The summed E-state index contributed by atoms with van der Waals surface area (Å²) in [6.45, 7) is 1.45. The lowest BCUT2D eigenvalue weighted by molar-refractivity contribution is -0.156. The molecular formula is C14H21N3O5S2. The van der Waals surface area contributed by atoms with Crippen molar-refractivity contribution in [2.45, 2.75) is 23.3 Å². The van der Waals surface area contributed by atoms with E-state index in [0.29, 0.717) is 26.2 Å². The van der Waals surface area contributed by atoms with E-state index < -0.39 is 25.6 Å². The van der Waals surface area contributed by atoms with Crippen molar-refractivity contribution in [3.8, 4) is 0 Å². The molecule has 3 rings (SSSR count). The minimum Gasteiger partial charge on any atom is -0.372 e. The first-order chi connectivity index (χ1) is 11.2. The summed E-state index contributed by atoms with van der Waals surface area (Å²) in [6.07, 6.45) is 5.54. The van der Waals surface area contributed by atoms with Gasteiger partial charge < -0.3 is 4.74 Å². The average molecular weight is 375 g/mol. The Morgan fingerprint density at radius 3 is 2.67 bits per heavy atom. The fourth-order valence-electron chi connectivity index (χ4n) is 3.01. The third kappa shape index (κ3) is 3.77. The lowest BCUT2D eigenvalue weighted by Gasteiger charge is -2.51. The van der Waals surface area contributed by atoms with Gasteiger partial charge in [0, 0.05) is 32.0 Å². The Morgan fingerprint density at radius 1 is 1.38 bits per heavy atom. The van der Waals surface area contributed by atoms with Crippen molar-refractivity contribution in [3.05, 3.63) is 24.5 Å². The fraction of sp³-hybridized carbons (Fsp3) is 0.643. The van der Waals surface area contributed by atoms with Crippen LogP contribution in [0.3, 0.4) is 0 Å². The molecule has 0 bridgehead atoms. The average Bonchev–Trinajstić information content (AvgIpc) is 2.51. The second-order valence-electron chi connectivity index (χ2n) is 6.48. The van der Waals surface area contributed by atoms with Crippen molar-refractivity contribution in [2.24, 2.45) is 5.92 Å². The number of rotatable bonds is 5. The van der Waals surface area contributed by atoms with Gasteiger partial charge in [-0.25, -0.2) is 21.6 Å². The van der Waals surface area contributed by atoms with Gasteiger partial charge in [0.25, 0.3) is 0 Å². The lowest BCUT2D eigenvalue weighted by Crippen LogP contribution is -2.66. The van der Waals surface area contributed by atoms with Crippen molar-refractivity contribution >= 4 is 20.0 Å². The fourth-order valence-corrected chi connectivity index (χ4v) is 5.10. The highest BCUT2D eigenvalue weighted by atomic mass is 32.2. The third-order valence-corrected chi connectivity index (χ3v) is 6.94. The Bertz CT molecular complexity index is 779. The van der Waals surface area contributed by atoms with Crippen LogP contribution in [0.15, 0.2) is 29.4 Å². The molecule has 1 aromatic heterocycles. The Hall–Kier alpha value is -1.07. The van der Waals surface area contributed by atoms with Gasteiger partial charge in [-0.05, 0) is 30.9 Å². The van der Waals surface area contributed by atoms with Crippen molar-refractivity contribution in [2.75, 3.05) is 32.5 Å². The summed E-state index contributed by atoms with van der Waals surface area (Å²) in [7, 11) is -6.72. The van der Waals surface area contributed by atoms with E-state index in [4.69, 9.17) is 4.74 Å². The molecule has 1 spiro atoms. The van der Waals surface area contributed by atoms with Gasteiger partial charge in [0.1, 0.15) is 4.90 Å². The zero-order valence-corrected chi connectivity index (χ0v) is 15.0. The summed E-state index contributed by atoms with van der Waals surface area (Å²) in [4.78, 5) is 4.04. The summed E-state index contributed by atoms with van der Waals surface area (Å²) < 4.78 is 57.0. The molecule has 0 saturated carbocycles. The van der Waals surface area contributed by atoms with Gasteiger partial charge in [-0.15, -0.1) is 0 Å². The van der Waals surface area contributed by atoms with E-state index in [-0.39, 0.29) is 10.8 Å². The van der Waals surface area contributed by atoms with Gasteiger partial charge >= 0.3 is 0 Å². The van der Waals surface area contributed by atoms with Crippen molar-refractivity contribution < 1.29 is 21.6 Å². The molecule has 24 heavy (non-hydrogen) atoms. The summed E-state index contributed by atoms with van der Waals surface area (Å²) in [5, 5.41) is 0. The van der Waals surface area contributed by atoms with E-state index in [1.165, 1.54) is 22.8 Å². The maximum Gasteiger partial charge on any atom is 0.244 e. The van der Waals surface area contributed by atoms with Gasteiger partial charge in [-0.1, -0.05) is 0 Å². The first-order valence-corrected chi connectivity index (χ1v) is 11.0. The molecule has 0 aromatic carbocycles. The molecule has 0 radical (unpaired) electrons. The summed E-state index contributed by atoms with van der Waals surface area (Å²) in [5.74, 6) is 0.120. The SMILES string of the molecule is CS(=O)(=O)NCC1CCC2(CN(S(=O)(=O)c3cccnc3)C2)OC1. The highest BCUT2D eigenvalue weighted by molar-refractivity contribution is 7.89. The van der Waals surface area contributed by atoms with Crippen molar-refractivity contribution in [3.63, 3.8) is 0 Å². The summed E-state index contributed by atoms with van der Waals surface area (Å²) in [6, 6.07) is 3.13. The second-order valence-corrected chi connectivity index (χ2v) is 10.3. The molecule has 1 N–H and O–H groups in total. The van der Waals surface area contributed by atoms with Gasteiger partial charge in [-0.3, -0.25) is 4.98 Å². The molecule has 2 aliphatic heterocycles. The van der Waals surface area contributed by atoms with Crippen LogP contribution in [0.2, 0.25) is 0 Å². The van der Waals surface area contributed by atoms with Crippen LogP contribution in [0.5, 0.6) is 0 Å². The van der Waals surface area contributed by atoms with Crippen LogP contribution in [0.1, 0.15) is 12.8 Å². The summed E-state index contributed by atoms with van der Waals surface area (Å²) in [5.41, 5.74) is -0.434. The molecule has 8 nitrogen and oxygen atoms in total. The van der Waals surface area contributed by atoms with Crippen LogP contribution in [0, 0.1) is 5.92 Å². The van der Waals surface area contributed by atoms with Gasteiger partial charge in [0.15, 0.2) is 0 Å². The minimum atomic E-state index is -3.52. The first kappa shape index (κ1) is 17.7. The third-order valence-electron chi connectivity index (χ3n) is 4.47. The number of sulfonamides is 2. The molecule has 2 aliphatic rings. The van der Waals surface area contributed by atoms with Crippen LogP contribution in [-0.4, -0.2) is 64.2 Å². The number of ether oxygens (including phenoxy) is 1. The van der Waals surface area contributed by atoms with Gasteiger partial charge in [0.2, 0.25) is 20.0 Å². The Kier molecular flexibility index (Phi) is 4.69. The van der Waals surface area contributed by atoms with Crippen LogP contribution >= 0.6 is 0 Å². The molecule has 1 atom stereocenters. The van der Waals surface area contributed by atoms with E-state index >= 15 is 0 Å². The van der Waals surface area contributed by atoms with Crippen molar-refractivity contribution in [1.82, 2.24) is 14.0 Å². The number of pyridine rings is 1. The standard InChI is InChI=1S/C14H21N3O5S2/c1-23(18,19)16-7-12-4-5-14(22-9-12)10-17(11-14)24(20,21)13-3-2-6-15-8-13/h2-3,6,8,12,16H,4-5,7,9-11H2,1H3. The van der Waals surface area contributed by atoms with E-state index in [2.05, 4.69) is 9.71 Å². The Balaban J connectivity index is 1.54. The molecule has 3 heterocycles. The predicted molar refractivity (Wildman–Crippen MR) is 87.2 cm³/mol. The topological polar surface area (TPSA) is 106 Å². The molecule has 2 fully saturated rings. The zero-order valence-electron chi connectivity index (χ0n) is 13.4. The lowest BCUT2D eigenvalue weighted by atomic mass is 9.84. The quantitative estimate of drug-likeness (QED) is 0.764. The Labute approximate surface area is 142 Å². The maximum absolute atomic E-state index is 12.5. The molecule has 0 amide bonds. The Morgan fingerprint density at radius 2 is 2.12 bits per heavy atom. The molecule has 1 unspecified atom stereocenters. The maximum atomic E-state index is 12.5. The summed E-state index contributed by atoms with van der Waals surface area (Å²) >= 11 is 0. The van der Waals surface area contributed by atoms with E-state index in [0.717, 1.165) is 19.1 Å². The molecule has 134 valence electrons. The molecule has 10 heteroatoms. The molecular weight excluding hydrogens is 354 g/mol. The van der Waals surface area contributed by atoms with Gasteiger partial charge in [0.05, 0.1) is 18.5 Å². The minimum absolute atomic E-state index is 0.120. The number of hydrogen-bond acceptors (Lipinski definition) is 6. The van der Waals surface area contributed by atoms with E-state index in [9.17, 15) is 16.8 Å². The number of nitrogens with one attached hydrogen (secondary N) is 1. The number of hydrogen-bond donors (Lipinski definition) is 1. The molecule has 2 saturated heterocycles. The monoisotopic (exact) mass is 375 g/mol. The predicted octanol–water partition coefficient (Wildman–Crippen LogP) is -0.199. The van der Waals surface area contributed by atoms with Gasteiger partial charge in [-0.2, -0.15) is 4.31 Å². The van der Waals surface area contributed by atoms with Crippen molar-refractivity contribution in [1.29, 1.82) is 0 Å². The molecule has 0 aliphatic carbocycles. The van der Waals surface area contributed by atoms with E-state index in [1.807, 2.05) is 0 Å². The van der Waals surface area contributed by atoms with Crippen LogP contribution in [0.4, 0.5) is 0 Å². The highest BCUT2D eigenvalue weighted by Gasteiger charge is 2.51.